The minimum atomic E-state index is -0.209. The van der Waals surface area contributed by atoms with E-state index in [0.29, 0.717) is 5.75 Å². The molecule has 138 valence electrons. The highest BCUT2D eigenvalue weighted by molar-refractivity contribution is 5.41. The standard InChI is InChI=1S/C22H24O.C3H8/c1-18-10-9-12-19(16-15-18)11-5-4-8-17-22(2,3)20-13-6-7-14-21(20)23;1-3-2/h4-8,10,12-17,23H,11H2,1-3H3;3H2,1-2H3/b5-4-,17-8-;. The topological polar surface area (TPSA) is 20.2 Å². The highest BCUT2D eigenvalue weighted by Gasteiger charge is 2.19. The van der Waals surface area contributed by atoms with E-state index < -0.39 is 0 Å². The highest BCUT2D eigenvalue weighted by Crippen LogP contribution is 2.31. The van der Waals surface area contributed by atoms with E-state index in [9.17, 15) is 5.11 Å². The van der Waals surface area contributed by atoms with Crippen LogP contribution in [0.1, 0.15) is 53.0 Å². The predicted molar refractivity (Wildman–Crippen MR) is 114 cm³/mol. The molecule has 1 N–H and O–H groups in total. The van der Waals surface area contributed by atoms with E-state index >= 15 is 0 Å². The SMILES string of the molecule is CC1=CC=C(C/C=C\C=C/C(C)(C)c2ccccc2O)C=C=C1.CCC. The second kappa shape index (κ2) is 11.2. The molecule has 1 nitrogen and oxygen atoms in total. The van der Waals surface area contributed by atoms with E-state index in [1.54, 1.807) is 6.07 Å². The van der Waals surface area contributed by atoms with Crippen LogP contribution in [0.4, 0.5) is 0 Å². The number of allylic oxidation sites excluding steroid dienone is 9. The molecule has 0 radical (unpaired) electrons. The van der Waals surface area contributed by atoms with E-state index in [0.717, 1.165) is 12.0 Å². The Kier molecular flexibility index (Phi) is 9.26. The lowest BCUT2D eigenvalue weighted by molar-refractivity contribution is 0.455. The molecule has 1 aromatic rings. The minimum absolute atomic E-state index is 0.209. The number of hydrogen-bond acceptors (Lipinski definition) is 1. The summed E-state index contributed by atoms with van der Waals surface area (Å²) < 4.78 is 0. The van der Waals surface area contributed by atoms with Gasteiger partial charge in [0.1, 0.15) is 5.75 Å². The molecule has 1 aromatic carbocycles. The largest absolute Gasteiger partial charge is 0.508 e. The van der Waals surface area contributed by atoms with Crippen LogP contribution in [0.3, 0.4) is 0 Å². The van der Waals surface area contributed by atoms with Crippen LogP contribution in [-0.2, 0) is 5.41 Å². The Hall–Kier alpha value is -2.50. The van der Waals surface area contributed by atoms with Crippen molar-refractivity contribution in [2.45, 2.75) is 52.9 Å². The maximum absolute atomic E-state index is 9.99. The number of phenolic OH excluding ortho intramolecular Hbond substituents is 1. The first-order valence-electron chi connectivity index (χ1n) is 9.33. The third-order valence-electron chi connectivity index (χ3n) is 3.85. The first-order valence-corrected chi connectivity index (χ1v) is 9.33. The van der Waals surface area contributed by atoms with Crippen molar-refractivity contribution in [2.24, 2.45) is 0 Å². The van der Waals surface area contributed by atoms with E-state index in [-0.39, 0.29) is 5.41 Å². The van der Waals surface area contributed by atoms with Crippen LogP contribution in [0.5, 0.6) is 5.75 Å². The normalized spacial score (nSPS) is 14.0. The zero-order valence-electron chi connectivity index (χ0n) is 16.8. The van der Waals surface area contributed by atoms with Crippen molar-refractivity contribution in [3.63, 3.8) is 0 Å². The molecule has 0 saturated carbocycles. The molecule has 0 amide bonds. The summed E-state index contributed by atoms with van der Waals surface area (Å²) in [5, 5.41) is 9.99. The van der Waals surface area contributed by atoms with E-state index in [4.69, 9.17) is 0 Å². The van der Waals surface area contributed by atoms with Crippen molar-refractivity contribution < 1.29 is 5.11 Å². The molecule has 1 heteroatoms. The summed E-state index contributed by atoms with van der Waals surface area (Å²) in [5.41, 5.74) is 6.35. The van der Waals surface area contributed by atoms with Gasteiger partial charge in [-0.05, 0) is 42.7 Å². The zero-order valence-corrected chi connectivity index (χ0v) is 16.8. The third-order valence-corrected chi connectivity index (χ3v) is 3.85. The summed E-state index contributed by atoms with van der Waals surface area (Å²) in [5.74, 6) is 0.342. The molecule has 2 rings (SSSR count). The Balaban J connectivity index is 0.00000105. The summed E-state index contributed by atoms with van der Waals surface area (Å²) in [6.45, 7) is 10.5. The lowest BCUT2D eigenvalue weighted by Crippen LogP contribution is -2.13. The fraction of sp³-hybridized carbons (Fsp3) is 0.320. The van der Waals surface area contributed by atoms with Crippen molar-refractivity contribution in [3.8, 4) is 5.75 Å². The first kappa shape index (κ1) is 21.5. The first-order chi connectivity index (χ1) is 12.4. The van der Waals surface area contributed by atoms with Crippen molar-refractivity contribution in [2.75, 3.05) is 0 Å². The van der Waals surface area contributed by atoms with Crippen LogP contribution in [0.2, 0.25) is 0 Å². The highest BCUT2D eigenvalue weighted by atomic mass is 16.3. The second-order valence-corrected chi connectivity index (χ2v) is 7.04. The van der Waals surface area contributed by atoms with Gasteiger partial charge in [0.05, 0.1) is 0 Å². The van der Waals surface area contributed by atoms with Crippen LogP contribution < -0.4 is 0 Å². The van der Waals surface area contributed by atoms with Gasteiger partial charge < -0.3 is 5.11 Å². The molecule has 0 heterocycles. The van der Waals surface area contributed by atoms with E-state index in [1.807, 2.05) is 36.4 Å². The molecule has 0 fully saturated rings. The molecule has 0 saturated heterocycles. The average molecular weight is 349 g/mol. The number of phenols is 1. The summed E-state index contributed by atoms with van der Waals surface area (Å²) in [7, 11) is 0. The van der Waals surface area contributed by atoms with E-state index in [1.165, 1.54) is 17.6 Å². The molecular formula is C25H32O. The summed E-state index contributed by atoms with van der Waals surface area (Å²) in [6.07, 6.45) is 18.7. The lowest BCUT2D eigenvalue weighted by Gasteiger charge is -2.21. The molecule has 0 unspecified atom stereocenters. The van der Waals surface area contributed by atoms with Gasteiger partial charge in [0.2, 0.25) is 0 Å². The monoisotopic (exact) mass is 348 g/mol. The average Bonchev–Trinajstić information content (AvgIpc) is 2.80. The summed E-state index contributed by atoms with van der Waals surface area (Å²) >= 11 is 0. The molecule has 0 aromatic heterocycles. The molecule has 1 aliphatic carbocycles. The number of hydrogen-bond donors (Lipinski definition) is 1. The second-order valence-electron chi connectivity index (χ2n) is 7.04. The van der Waals surface area contributed by atoms with Crippen LogP contribution in [-0.4, -0.2) is 5.11 Å². The Morgan fingerprint density at radius 3 is 2.42 bits per heavy atom. The predicted octanol–water partition coefficient (Wildman–Crippen LogP) is 7.19. The zero-order chi connectivity index (χ0) is 19.4. The Morgan fingerprint density at radius 1 is 1.04 bits per heavy atom. The van der Waals surface area contributed by atoms with Gasteiger partial charge in [-0.2, -0.15) is 0 Å². The van der Waals surface area contributed by atoms with Crippen LogP contribution in [0, 0.1) is 0 Å². The smallest absolute Gasteiger partial charge is 0.119 e. The van der Waals surface area contributed by atoms with E-state index in [2.05, 4.69) is 70.7 Å². The van der Waals surface area contributed by atoms with Gasteiger partial charge in [0.25, 0.3) is 0 Å². The number of aromatic hydroxyl groups is 1. The Morgan fingerprint density at radius 2 is 1.73 bits per heavy atom. The van der Waals surface area contributed by atoms with Gasteiger partial charge in [0, 0.05) is 11.0 Å². The number of para-hydroxylation sites is 1. The maximum atomic E-state index is 9.99. The van der Waals surface area contributed by atoms with Gasteiger partial charge in [0.15, 0.2) is 0 Å². The molecule has 0 spiro atoms. The quantitative estimate of drug-likeness (QED) is 0.441. The number of benzene rings is 1. The summed E-state index contributed by atoms with van der Waals surface area (Å²) in [6, 6.07) is 7.49. The van der Waals surface area contributed by atoms with Crippen LogP contribution >= 0.6 is 0 Å². The fourth-order valence-corrected chi connectivity index (χ4v) is 2.43. The van der Waals surface area contributed by atoms with Gasteiger partial charge in [-0.15, -0.1) is 5.73 Å². The molecule has 26 heavy (non-hydrogen) atoms. The molecule has 0 atom stereocenters. The van der Waals surface area contributed by atoms with Crippen molar-refractivity contribution in [3.05, 3.63) is 95.3 Å². The van der Waals surface area contributed by atoms with Gasteiger partial charge in [-0.1, -0.05) is 88.8 Å². The van der Waals surface area contributed by atoms with Gasteiger partial charge in [-0.25, -0.2) is 0 Å². The molecule has 1 aliphatic rings. The molecule has 0 aliphatic heterocycles. The number of rotatable bonds is 5. The van der Waals surface area contributed by atoms with Crippen molar-refractivity contribution >= 4 is 0 Å². The minimum Gasteiger partial charge on any atom is -0.508 e. The Labute approximate surface area is 159 Å². The third kappa shape index (κ3) is 7.59. The molecule has 0 bridgehead atoms. The Bertz CT molecular complexity index is 748. The van der Waals surface area contributed by atoms with Gasteiger partial charge >= 0.3 is 0 Å². The van der Waals surface area contributed by atoms with Crippen molar-refractivity contribution in [1.82, 2.24) is 0 Å². The fourth-order valence-electron chi connectivity index (χ4n) is 2.43. The van der Waals surface area contributed by atoms with Gasteiger partial charge in [-0.3, -0.25) is 0 Å². The van der Waals surface area contributed by atoms with Crippen LogP contribution in [0.25, 0.3) is 0 Å². The van der Waals surface area contributed by atoms with Crippen LogP contribution in [0.15, 0.2) is 89.8 Å². The lowest BCUT2D eigenvalue weighted by atomic mass is 9.83. The molecular weight excluding hydrogens is 316 g/mol. The maximum Gasteiger partial charge on any atom is 0.119 e. The summed E-state index contributed by atoms with van der Waals surface area (Å²) in [4.78, 5) is 0. The van der Waals surface area contributed by atoms with Crippen molar-refractivity contribution in [1.29, 1.82) is 0 Å².